The van der Waals surface area contributed by atoms with E-state index in [1.807, 2.05) is 35.7 Å². The monoisotopic (exact) mass is 451 g/mol. The average Bonchev–Trinajstić information content (AvgIpc) is 3.35. The fourth-order valence-corrected chi connectivity index (χ4v) is 4.90. The van der Waals surface area contributed by atoms with Gasteiger partial charge in [0.15, 0.2) is 0 Å². The number of nitrogens with one attached hydrogen (secondary N) is 1. The maximum Gasteiger partial charge on any atom is 0.222 e. The van der Waals surface area contributed by atoms with Crippen molar-refractivity contribution in [2.45, 2.75) is 13.8 Å². The minimum Gasteiger partial charge on any atom is -0.438 e. The zero-order valence-electron chi connectivity index (χ0n) is 18.7. The van der Waals surface area contributed by atoms with Crippen LogP contribution in [-0.2, 0) is 0 Å². The summed E-state index contributed by atoms with van der Waals surface area (Å²) in [6.07, 6.45) is 0. The minimum atomic E-state index is 0.138. The number of hydrogen-bond donors (Lipinski definition) is 1. The van der Waals surface area contributed by atoms with E-state index in [1.165, 1.54) is 22.5 Å². The fraction of sp³-hybridized carbons (Fsp3) is 0.143. The number of fused-ring (bicyclic) bond motifs is 1. The van der Waals surface area contributed by atoms with Crippen LogP contribution in [0.1, 0.15) is 13.8 Å². The first-order valence-corrected chi connectivity index (χ1v) is 12.0. The van der Waals surface area contributed by atoms with Crippen LogP contribution in [0.15, 0.2) is 88.7 Å². The topological polar surface area (TPSA) is 53.1 Å². The van der Waals surface area contributed by atoms with Crippen molar-refractivity contribution in [3.63, 3.8) is 0 Å². The molecule has 0 fully saturated rings. The molecule has 0 aliphatic rings. The largest absolute Gasteiger partial charge is 0.438 e. The van der Waals surface area contributed by atoms with E-state index in [2.05, 4.69) is 67.3 Å². The van der Waals surface area contributed by atoms with Crippen LogP contribution < -0.4 is 10.5 Å². The number of aromatic nitrogens is 1. The molecule has 4 nitrogen and oxygen atoms in total. The van der Waals surface area contributed by atoms with Gasteiger partial charge < -0.3 is 9.32 Å². The summed E-state index contributed by atoms with van der Waals surface area (Å²) in [7, 11) is 0. The molecular formula is C28H25N3OS. The van der Waals surface area contributed by atoms with E-state index in [0.717, 1.165) is 51.6 Å². The summed E-state index contributed by atoms with van der Waals surface area (Å²) in [5.41, 5.74) is 7.04. The number of hydrogen-bond acceptors (Lipinski definition) is 5. The molecule has 5 rings (SSSR count). The third kappa shape index (κ3) is 4.20. The van der Waals surface area contributed by atoms with Gasteiger partial charge in [0, 0.05) is 41.2 Å². The molecule has 2 heterocycles. The quantitative estimate of drug-likeness (QED) is 0.297. The van der Waals surface area contributed by atoms with Crippen molar-refractivity contribution in [2.75, 3.05) is 18.0 Å². The van der Waals surface area contributed by atoms with Gasteiger partial charge in [0.1, 0.15) is 10.6 Å². The van der Waals surface area contributed by atoms with Gasteiger partial charge in [0.05, 0.1) is 11.3 Å². The second-order valence-electron chi connectivity index (χ2n) is 7.86. The summed E-state index contributed by atoms with van der Waals surface area (Å²) in [6, 6.07) is 27.0. The van der Waals surface area contributed by atoms with Crippen LogP contribution in [0.4, 0.5) is 5.69 Å². The van der Waals surface area contributed by atoms with Gasteiger partial charge in [-0.15, -0.1) is 11.3 Å². The number of benzene rings is 3. The van der Waals surface area contributed by atoms with E-state index in [1.54, 1.807) is 0 Å². The van der Waals surface area contributed by atoms with E-state index >= 15 is 0 Å². The van der Waals surface area contributed by atoms with Gasteiger partial charge in [-0.3, -0.25) is 5.41 Å². The van der Waals surface area contributed by atoms with Gasteiger partial charge in [0.2, 0.25) is 5.55 Å². The molecule has 0 unspecified atom stereocenters. The molecule has 1 N–H and O–H groups in total. The molecule has 2 aromatic heterocycles. The molecule has 33 heavy (non-hydrogen) atoms. The number of anilines is 1. The Morgan fingerprint density at radius 2 is 1.55 bits per heavy atom. The molecule has 164 valence electrons. The SMILES string of the molecule is CCN(CC)c1ccc2cc(-c3nc(-c4ccc(-c5ccccc5)cc4)cs3)c(=N)oc2c1. The van der Waals surface area contributed by atoms with Crippen LogP contribution in [0, 0.1) is 5.41 Å². The molecule has 0 saturated heterocycles. The highest BCUT2D eigenvalue weighted by Crippen LogP contribution is 2.31. The molecule has 0 radical (unpaired) electrons. The van der Waals surface area contributed by atoms with Crippen molar-refractivity contribution in [1.82, 2.24) is 4.98 Å². The second-order valence-corrected chi connectivity index (χ2v) is 8.72. The number of thiazole rings is 1. The zero-order valence-corrected chi connectivity index (χ0v) is 19.5. The van der Waals surface area contributed by atoms with Gasteiger partial charge in [0.25, 0.3) is 0 Å². The summed E-state index contributed by atoms with van der Waals surface area (Å²) in [6.45, 7) is 6.14. The first-order chi connectivity index (χ1) is 16.2. The Bertz CT molecular complexity index is 1450. The van der Waals surface area contributed by atoms with Crippen molar-refractivity contribution in [2.24, 2.45) is 0 Å². The molecule has 0 amide bonds. The van der Waals surface area contributed by atoms with E-state index < -0.39 is 0 Å². The Hall–Kier alpha value is -3.70. The molecule has 0 bridgehead atoms. The first-order valence-electron chi connectivity index (χ1n) is 11.2. The van der Waals surface area contributed by atoms with Crippen molar-refractivity contribution >= 4 is 28.0 Å². The Kier molecular flexibility index (Phi) is 5.80. The second kappa shape index (κ2) is 9.04. The molecule has 5 aromatic rings. The Labute approximate surface area is 197 Å². The maximum absolute atomic E-state index is 8.48. The highest BCUT2D eigenvalue weighted by Gasteiger charge is 2.12. The van der Waals surface area contributed by atoms with E-state index in [9.17, 15) is 0 Å². The third-order valence-electron chi connectivity index (χ3n) is 5.90. The number of rotatable bonds is 6. The van der Waals surface area contributed by atoms with E-state index in [4.69, 9.17) is 14.8 Å². The maximum atomic E-state index is 8.48. The fourth-order valence-electron chi connectivity index (χ4n) is 4.06. The van der Waals surface area contributed by atoms with Crippen LogP contribution in [0.2, 0.25) is 0 Å². The summed E-state index contributed by atoms with van der Waals surface area (Å²) in [5, 5.41) is 12.3. The summed E-state index contributed by atoms with van der Waals surface area (Å²) in [5.74, 6) is 0. The normalized spacial score (nSPS) is 11.1. The molecule has 0 aliphatic carbocycles. The molecule has 0 atom stereocenters. The first kappa shape index (κ1) is 21.2. The lowest BCUT2D eigenvalue weighted by Gasteiger charge is -2.21. The molecule has 5 heteroatoms. The van der Waals surface area contributed by atoms with Gasteiger partial charge >= 0.3 is 0 Å². The van der Waals surface area contributed by atoms with Crippen LogP contribution in [0.3, 0.4) is 0 Å². The van der Waals surface area contributed by atoms with Crippen molar-refractivity contribution in [3.8, 4) is 33.0 Å². The van der Waals surface area contributed by atoms with Gasteiger partial charge in [-0.25, -0.2) is 4.98 Å². The lowest BCUT2D eigenvalue weighted by molar-refractivity contribution is 0.536. The Morgan fingerprint density at radius 1 is 0.848 bits per heavy atom. The zero-order chi connectivity index (χ0) is 22.8. The molecule has 0 aliphatic heterocycles. The summed E-state index contributed by atoms with van der Waals surface area (Å²) >= 11 is 1.54. The Morgan fingerprint density at radius 3 is 2.27 bits per heavy atom. The summed E-state index contributed by atoms with van der Waals surface area (Å²) in [4.78, 5) is 7.09. The smallest absolute Gasteiger partial charge is 0.222 e. The summed E-state index contributed by atoms with van der Waals surface area (Å²) < 4.78 is 5.91. The molecule has 0 saturated carbocycles. The van der Waals surface area contributed by atoms with E-state index in [0.29, 0.717) is 0 Å². The Balaban J connectivity index is 1.45. The molecule has 0 spiro atoms. The highest BCUT2D eigenvalue weighted by molar-refractivity contribution is 7.13. The van der Waals surface area contributed by atoms with Gasteiger partial charge in [-0.05, 0) is 43.2 Å². The third-order valence-corrected chi connectivity index (χ3v) is 6.78. The minimum absolute atomic E-state index is 0.138. The van der Waals surface area contributed by atoms with Crippen molar-refractivity contribution in [1.29, 1.82) is 5.41 Å². The van der Waals surface area contributed by atoms with Crippen LogP contribution in [0.5, 0.6) is 0 Å². The van der Waals surface area contributed by atoms with Gasteiger partial charge in [-0.2, -0.15) is 0 Å². The highest BCUT2D eigenvalue weighted by atomic mass is 32.1. The predicted octanol–water partition coefficient (Wildman–Crippen LogP) is 7.22. The predicted molar refractivity (Wildman–Crippen MR) is 138 cm³/mol. The van der Waals surface area contributed by atoms with Crippen molar-refractivity contribution in [3.05, 3.63) is 89.8 Å². The van der Waals surface area contributed by atoms with Crippen LogP contribution in [-0.4, -0.2) is 18.1 Å². The van der Waals surface area contributed by atoms with Crippen molar-refractivity contribution < 1.29 is 4.42 Å². The lowest BCUT2D eigenvalue weighted by atomic mass is 10.0. The average molecular weight is 452 g/mol. The van der Waals surface area contributed by atoms with E-state index in [-0.39, 0.29) is 5.55 Å². The lowest BCUT2D eigenvalue weighted by Crippen LogP contribution is -2.21. The van der Waals surface area contributed by atoms with Gasteiger partial charge in [-0.1, -0.05) is 54.6 Å². The molecule has 3 aromatic carbocycles. The molecular weight excluding hydrogens is 426 g/mol. The number of nitrogens with zero attached hydrogens (tertiary/aromatic N) is 2. The standard InChI is InChI=1S/C28H25N3OS/c1-3-31(4-2)23-15-14-22-16-24(27(29)32-26(22)17-23)28-30-25(18-33-28)21-12-10-20(11-13-21)19-8-6-5-7-9-19/h5-18,29H,3-4H2,1-2H3. The van der Waals surface area contributed by atoms with Crippen LogP contribution in [0.25, 0.3) is 43.9 Å². The van der Waals surface area contributed by atoms with Crippen LogP contribution >= 0.6 is 11.3 Å².